The lowest BCUT2D eigenvalue weighted by Gasteiger charge is -2.23. The first-order valence-corrected chi connectivity index (χ1v) is 10.7. The van der Waals surface area contributed by atoms with Crippen molar-refractivity contribution in [2.75, 3.05) is 6.54 Å². The molecule has 2 atom stereocenters. The lowest BCUT2D eigenvalue weighted by Crippen LogP contribution is -2.43. The highest BCUT2D eigenvalue weighted by Crippen LogP contribution is 2.31. The Morgan fingerprint density at radius 2 is 1.72 bits per heavy atom. The number of fused-ring (bicyclic) bond motifs is 1. The summed E-state index contributed by atoms with van der Waals surface area (Å²) >= 11 is 0. The first-order valence-electron chi connectivity index (χ1n) is 10.7. The van der Waals surface area contributed by atoms with Crippen LogP contribution in [0.25, 0.3) is 10.8 Å². The molecule has 1 aliphatic rings. The molecule has 3 aromatic rings. The topological polar surface area (TPSA) is 78.5 Å². The molecule has 2 N–H and O–H groups in total. The molecule has 32 heavy (non-hydrogen) atoms. The number of urea groups is 1. The molecule has 0 unspecified atom stereocenters. The summed E-state index contributed by atoms with van der Waals surface area (Å²) in [5.74, 6) is -0.825. The summed E-state index contributed by atoms with van der Waals surface area (Å²) in [6.07, 6.45) is 0. The van der Waals surface area contributed by atoms with Gasteiger partial charge in [-0.2, -0.15) is 0 Å². The van der Waals surface area contributed by atoms with E-state index in [4.69, 9.17) is 0 Å². The second-order valence-electron chi connectivity index (χ2n) is 8.64. The minimum absolute atomic E-state index is 0.241. The van der Waals surface area contributed by atoms with Crippen LogP contribution in [0.2, 0.25) is 0 Å². The van der Waals surface area contributed by atoms with Crippen LogP contribution < -0.4 is 10.6 Å². The molecule has 3 aromatic carbocycles. The number of nitrogens with one attached hydrogen (secondary N) is 2. The van der Waals surface area contributed by atoms with Crippen LogP contribution in [-0.2, 0) is 15.1 Å². The van der Waals surface area contributed by atoms with Crippen molar-refractivity contribution >= 4 is 28.6 Å². The lowest BCUT2D eigenvalue weighted by atomic mass is 9.90. The van der Waals surface area contributed by atoms with E-state index in [9.17, 15) is 14.4 Å². The number of hydrogen-bond acceptors (Lipinski definition) is 3. The van der Waals surface area contributed by atoms with Crippen LogP contribution in [0.1, 0.15) is 42.1 Å². The highest BCUT2D eigenvalue weighted by Gasteiger charge is 2.49. The summed E-state index contributed by atoms with van der Waals surface area (Å²) in [5, 5.41) is 7.69. The third-order valence-corrected chi connectivity index (χ3v) is 6.31. The monoisotopic (exact) mass is 429 g/mol. The third-order valence-electron chi connectivity index (χ3n) is 6.31. The van der Waals surface area contributed by atoms with Crippen LogP contribution in [0.3, 0.4) is 0 Å². The Kier molecular flexibility index (Phi) is 5.46. The van der Waals surface area contributed by atoms with Crippen LogP contribution in [-0.4, -0.2) is 29.3 Å². The Balaban J connectivity index is 1.49. The van der Waals surface area contributed by atoms with Crippen LogP contribution >= 0.6 is 0 Å². The molecule has 6 heteroatoms. The maximum atomic E-state index is 13.2. The molecule has 1 saturated heterocycles. The van der Waals surface area contributed by atoms with E-state index in [0.29, 0.717) is 5.56 Å². The van der Waals surface area contributed by atoms with Gasteiger partial charge in [-0.05, 0) is 66.8 Å². The SMILES string of the molecule is Cc1ccc([C@@H](C)NC(=O)CN2C(=O)N[C@@](C)(c3ccc4ccccc4c3)C2=O)cc1C. The summed E-state index contributed by atoms with van der Waals surface area (Å²) in [5.41, 5.74) is 2.75. The summed E-state index contributed by atoms with van der Waals surface area (Å²) in [6.45, 7) is 7.28. The van der Waals surface area contributed by atoms with Gasteiger partial charge in [0.1, 0.15) is 12.1 Å². The number of imide groups is 1. The average molecular weight is 430 g/mol. The molecule has 0 bridgehead atoms. The zero-order valence-electron chi connectivity index (χ0n) is 18.7. The zero-order chi connectivity index (χ0) is 23.0. The van der Waals surface area contributed by atoms with Crippen LogP contribution in [0.5, 0.6) is 0 Å². The van der Waals surface area contributed by atoms with Gasteiger partial charge in [-0.15, -0.1) is 0 Å². The maximum Gasteiger partial charge on any atom is 0.325 e. The molecule has 4 rings (SSSR count). The van der Waals surface area contributed by atoms with Gasteiger partial charge in [-0.3, -0.25) is 14.5 Å². The number of carbonyl (C=O) groups excluding carboxylic acids is 3. The van der Waals surface area contributed by atoms with Crippen LogP contribution in [0, 0.1) is 13.8 Å². The van der Waals surface area contributed by atoms with E-state index in [1.165, 1.54) is 5.56 Å². The number of carbonyl (C=O) groups is 3. The van der Waals surface area contributed by atoms with E-state index in [2.05, 4.69) is 10.6 Å². The highest BCUT2D eigenvalue weighted by atomic mass is 16.2. The molecule has 0 spiro atoms. The Bertz CT molecular complexity index is 1240. The summed E-state index contributed by atoms with van der Waals surface area (Å²) in [6, 6.07) is 18.7. The van der Waals surface area contributed by atoms with Gasteiger partial charge in [0.2, 0.25) is 5.91 Å². The molecule has 1 heterocycles. The van der Waals surface area contributed by atoms with Gasteiger partial charge in [-0.1, -0.05) is 54.6 Å². The smallest absolute Gasteiger partial charge is 0.325 e. The van der Waals surface area contributed by atoms with Crippen LogP contribution in [0.15, 0.2) is 60.7 Å². The Labute approximate surface area is 187 Å². The van der Waals surface area contributed by atoms with Gasteiger partial charge in [0, 0.05) is 0 Å². The van der Waals surface area contributed by atoms with Gasteiger partial charge in [0.25, 0.3) is 5.91 Å². The minimum Gasteiger partial charge on any atom is -0.348 e. The molecule has 6 nitrogen and oxygen atoms in total. The quantitative estimate of drug-likeness (QED) is 0.600. The average Bonchev–Trinajstić information content (AvgIpc) is 2.99. The number of rotatable bonds is 5. The van der Waals surface area contributed by atoms with Gasteiger partial charge in [-0.25, -0.2) is 4.79 Å². The predicted octanol–water partition coefficient (Wildman–Crippen LogP) is 4.10. The van der Waals surface area contributed by atoms with Gasteiger partial charge in [0.05, 0.1) is 6.04 Å². The maximum absolute atomic E-state index is 13.2. The van der Waals surface area contributed by atoms with Crippen molar-refractivity contribution < 1.29 is 14.4 Å². The van der Waals surface area contributed by atoms with E-state index in [1.54, 1.807) is 6.92 Å². The molecule has 4 amide bonds. The normalized spacial score (nSPS) is 19.2. The standard InChI is InChI=1S/C26H27N3O3/c1-16-9-10-20(13-17(16)2)18(3)27-23(30)15-29-24(31)26(4,28-25(29)32)22-12-11-19-7-5-6-8-21(19)14-22/h5-14,18H,15H2,1-4H3,(H,27,30)(H,28,32)/t18-,26+/m1/s1. The Morgan fingerprint density at radius 3 is 2.44 bits per heavy atom. The number of aryl methyl sites for hydroxylation is 2. The van der Waals surface area contributed by atoms with Crippen molar-refractivity contribution in [1.29, 1.82) is 0 Å². The fourth-order valence-corrected chi connectivity index (χ4v) is 4.08. The summed E-state index contributed by atoms with van der Waals surface area (Å²) in [4.78, 5) is 39.5. The fourth-order valence-electron chi connectivity index (χ4n) is 4.08. The van der Waals surface area contributed by atoms with E-state index in [0.717, 1.165) is 26.8 Å². The van der Waals surface area contributed by atoms with Crippen molar-refractivity contribution in [2.45, 2.75) is 39.3 Å². The second kappa shape index (κ2) is 8.11. The van der Waals surface area contributed by atoms with E-state index in [-0.39, 0.29) is 18.5 Å². The molecule has 1 fully saturated rings. The molecule has 0 radical (unpaired) electrons. The molecular weight excluding hydrogens is 402 g/mol. The second-order valence-corrected chi connectivity index (χ2v) is 8.64. The lowest BCUT2D eigenvalue weighted by molar-refractivity contribution is -0.135. The Morgan fingerprint density at radius 1 is 1.00 bits per heavy atom. The van der Waals surface area contributed by atoms with Crippen molar-refractivity contribution in [3.8, 4) is 0 Å². The predicted molar refractivity (Wildman–Crippen MR) is 124 cm³/mol. The first kappa shape index (κ1) is 21.6. The molecule has 0 saturated carbocycles. The van der Waals surface area contributed by atoms with Crippen LogP contribution in [0.4, 0.5) is 4.79 Å². The number of benzene rings is 3. The van der Waals surface area contributed by atoms with E-state index in [1.807, 2.05) is 81.4 Å². The molecule has 0 aromatic heterocycles. The largest absolute Gasteiger partial charge is 0.348 e. The molecular formula is C26H27N3O3. The van der Waals surface area contributed by atoms with Gasteiger partial charge < -0.3 is 10.6 Å². The third kappa shape index (κ3) is 3.84. The van der Waals surface area contributed by atoms with Crippen molar-refractivity contribution in [3.63, 3.8) is 0 Å². The summed E-state index contributed by atoms with van der Waals surface area (Å²) < 4.78 is 0. The molecule has 1 aliphatic heterocycles. The van der Waals surface area contributed by atoms with Gasteiger partial charge >= 0.3 is 6.03 Å². The zero-order valence-corrected chi connectivity index (χ0v) is 18.7. The first-order chi connectivity index (χ1) is 15.2. The van der Waals surface area contributed by atoms with E-state index >= 15 is 0 Å². The minimum atomic E-state index is -1.22. The van der Waals surface area contributed by atoms with Crippen molar-refractivity contribution in [1.82, 2.24) is 15.5 Å². The van der Waals surface area contributed by atoms with Gasteiger partial charge in [0.15, 0.2) is 0 Å². The van der Waals surface area contributed by atoms with Crippen molar-refractivity contribution in [3.05, 3.63) is 82.9 Å². The highest BCUT2D eigenvalue weighted by molar-refractivity contribution is 6.09. The fraction of sp³-hybridized carbons (Fsp3) is 0.269. The van der Waals surface area contributed by atoms with Crippen molar-refractivity contribution in [2.24, 2.45) is 0 Å². The number of nitrogens with zero attached hydrogens (tertiary/aromatic N) is 1. The van der Waals surface area contributed by atoms with E-state index < -0.39 is 17.5 Å². The molecule has 164 valence electrons. The number of amides is 4. The number of hydrogen-bond donors (Lipinski definition) is 2. The summed E-state index contributed by atoms with van der Waals surface area (Å²) in [7, 11) is 0. The Hall–Kier alpha value is -3.67. The molecule has 0 aliphatic carbocycles.